The molecule has 1 amide bonds. The van der Waals surface area contributed by atoms with Crippen molar-refractivity contribution in [3.05, 3.63) is 46.7 Å². The number of ether oxygens (including phenoxy) is 1. The number of likely N-dealkylation sites (tertiary alicyclic amines) is 1. The molecule has 0 bridgehead atoms. The summed E-state index contributed by atoms with van der Waals surface area (Å²) in [5, 5.41) is 14.4. The first-order valence-corrected chi connectivity index (χ1v) is 11.6. The summed E-state index contributed by atoms with van der Waals surface area (Å²) in [6.45, 7) is 0.834. The molecule has 6 nitrogen and oxygen atoms in total. The molecule has 0 spiro atoms. The van der Waals surface area contributed by atoms with Crippen molar-refractivity contribution in [1.29, 1.82) is 0 Å². The van der Waals surface area contributed by atoms with E-state index in [-0.39, 0.29) is 11.9 Å². The molecule has 0 saturated carbocycles. The minimum absolute atomic E-state index is 0.165. The summed E-state index contributed by atoms with van der Waals surface area (Å²) < 4.78 is 6.01. The number of thioether (sulfide) groups is 1. The first kappa shape index (κ1) is 19.2. The highest BCUT2D eigenvalue weighted by atomic mass is 32.2. The molecule has 1 N–H and O–H groups in total. The van der Waals surface area contributed by atoms with E-state index in [2.05, 4.69) is 27.0 Å². The van der Waals surface area contributed by atoms with Gasteiger partial charge in [0.25, 0.3) is 0 Å². The van der Waals surface area contributed by atoms with Crippen LogP contribution in [0.15, 0.2) is 46.1 Å². The fourth-order valence-electron chi connectivity index (χ4n) is 3.19. The van der Waals surface area contributed by atoms with Crippen LogP contribution >= 0.6 is 34.4 Å². The van der Waals surface area contributed by atoms with Gasteiger partial charge in [-0.05, 0) is 36.4 Å². The van der Waals surface area contributed by atoms with Gasteiger partial charge < -0.3 is 15.0 Å². The van der Waals surface area contributed by atoms with Gasteiger partial charge in [0.05, 0.1) is 18.9 Å². The minimum atomic E-state index is 0.165. The lowest BCUT2D eigenvalue weighted by Gasteiger charge is -2.23. The van der Waals surface area contributed by atoms with Crippen molar-refractivity contribution in [2.75, 3.05) is 24.7 Å². The Balaban J connectivity index is 1.33. The Kier molecular flexibility index (Phi) is 6.13. The van der Waals surface area contributed by atoms with Crippen molar-refractivity contribution in [3.63, 3.8) is 0 Å². The van der Waals surface area contributed by atoms with Gasteiger partial charge in [-0.3, -0.25) is 4.79 Å². The van der Waals surface area contributed by atoms with Crippen LogP contribution in [0.4, 0.5) is 10.8 Å². The van der Waals surface area contributed by atoms with Crippen LogP contribution in [0.2, 0.25) is 0 Å². The molecule has 28 heavy (non-hydrogen) atoms. The number of nitrogens with zero attached hydrogens (tertiary/aromatic N) is 3. The average Bonchev–Trinajstić information content (AvgIpc) is 3.47. The van der Waals surface area contributed by atoms with Gasteiger partial charge in [-0.1, -0.05) is 35.2 Å². The second-order valence-corrected chi connectivity index (χ2v) is 9.46. The number of benzene rings is 1. The lowest BCUT2D eigenvalue weighted by molar-refractivity contribution is -0.129. The number of hydrogen-bond donors (Lipinski definition) is 1. The van der Waals surface area contributed by atoms with Crippen molar-refractivity contribution in [2.24, 2.45) is 0 Å². The summed E-state index contributed by atoms with van der Waals surface area (Å²) in [5.74, 6) is 1.33. The second kappa shape index (κ2) is 8.93. The Morgan fingerprint density at radius 2 is 2.29 bits per heavy atom. The number of carbonyl (C=O) groups is 1. The van der Waals surface area contributed by atoms with Crippen molar-refractivity contribution >= 4 is 51.2 Å². The summed E-state index contributed by atoms with van der Waals surface area (Å²) in [7, 11) is 1.64. The maximum absolute atomic E-state index is 12.7. The molecule has 1 aromatic carbocycles. The van der Waals surface area contributed by atoms with Crippen molar-refractivity contribution < 1.29 is 9.53 Å². The van der Waals surface area contributed by atoms with Crippen LogP contribution in [0.25, 0.3) is 0 Å². The van der Waals surface area contributed by atoms with Gasteiger partial charge in [-0.15, -0.1) is 21.5 Å². The number of thiophene rings is 1. The van der Waals surface area contributed by atoms with E-state index in [4.69, 9.17) is 4.74 Å². The standard InChI is InChI=1S/C19H20N4O2S3/c1-25-14-6-2-5-13(11-14)20-18-21-22-19(28-18)27-12-17(24)23-9-3-7-15(23)16-8-4-10-26-16/h2,4-6,8,10-11,15H,3,7,9,12H2,1H3,(H,20,21)/t15-/m0/s1. The highest BCUT2D eigenvalue weighted by Gasteiger charge is 2.30. The van der Waals surface area contributed by atoms with Crippen LogP contribution in [0.1, 0.15) is 23.8 Å². The molecule has 1 aliphatic heterocycles. The number of amides is 1. The predicted octanol–water partition coefficient (Wildman–Crippen LogP) is 4.81. The fraction of sp³-hybridized carbons (Fsp3) is 0.316. The smallest absolute Gasteiger partial charge is 0.233 e. The summed E-state index contributed by atoms with van der Waals surface area (Å²) >= 11 is 4.61. The monoisotopic (exact) mass is 432 g/mol. The molecule has 3 aromatic rings. The number of rotatable bonds is 7. The zero-order valence-corrected chi connectivity index (χ0v) is 17.8. The molecule has 1 aliphatic rings. The summed E-state index contributed by atoms with van der Waals surface area (Å²) in [6, 6.07) is 12.0. The topological polar surface area (TPSA) is 67.3 Å². The van der Waals surface area contributed by atoms with Crippen molar-refractivity contribution in [3.8, 4) is 5.75 Å². The maximum atomic E-state index is 12.7. The van der Waals surface area contributed by atoms with Gasteiger partial charge in [0.2, 0.25) is 11.0 Å². The van der Waals surface area contributed by atoms with Gasteiger partial charge in [-0.25, -0.2) is 0 Å². The maximum Gasteiger partial charge on any atom is 0.233 e. The molecule has 146 valence electrons. The molecular weight excluding hydrogens is 412 g/mol. The van der Waals surface area contributed by atoms with Crippen molar-refractivity contribution in [2.45, 2.75) is 23.2 Å². The van der Waals surface area contributed by atoms with E-state index in [1.54, 1.807) is 18.4 Å². The van der Waals surface area contributed by atoms with Crippen LogP contribution in [-0.2, 0) is 4.79 Å². The molecule has 9 heteroatoms. The molecule has 4 rings (SSSR count). The summed E-state index contributed by atoms with van der Waals surface area (Å²) in [6.07, 6.45) is 2.11. The lowest BCUT2D eigenvalue weighted by atomic mass is 10.2. The number of anilines is 2. The molecule has 1 atom stereocenters. The van der Waals surface area contributed by atoms with E-state index in [9.17, 15) is 4.79 Å². The Morgan fingerprint density at radius 1 is 1.36 bits per heavy atom. The molecule has 1 saturated heterocycles. The third-order valence-electron chi connectivity index (χ3n) is 4.49. The SMILES string of the molecule is COc1cccc(Nc2nnc(SCC(=O)N3CCC[C@H]3c3cccs3)s2)c1. The van der Waals surface area contributed by atoms with Crippen molar-refractivity contribution in [1.82, 2.24) is 15.1 Å². The Labute approximate surface area is 175 Å². The van der Waals surface area contributed by atoms with Crippen LogP contribution in [0.3, 0.4) is 0 Å². The van der Waals surface area contributed by atoms with Gasteiger partial charge in [0.15, 0.2) is 4.34 Å². The summed E-state index contributed by atoms with van der Waals surface area (Å²) in [5.41, 5.74) is 0.888. The first-order chi connectivity index (χ1) is 13.7. The van der Waals surface area contributed by atoms with E-state index >= 15 is 0 Å². The minimum Gasteiger partial charge on any atom is -0.497 e. The van der Waals surface area contributed by atoms with Gasteiger partial charge >= 0.3 is 0 Å². The molecule has 1 fully saturated rings. The molecular formula is C19H20N4O2S3. The normalized spacial score (nSPS) is 16.3. The average molecular weight is 433 g/mol. The number of methoxy groups -OCH3 is 1. The first-order valence-electron chi connectivity index (χ1n) is 8.93. The van der Waals surface area contributed by atoms with Crippen LogP contribution in [0, 0.1) is 0 Å². The molecule has 3 heterocycles. The van der Waals surface area contributed by atoms with E-state index < -0.39 is 0 Å². The lowest BCUT2D eigenvalue weighted by Crippen LogP contribution is -2.31. The van der Waals surface area contributed by atoms with Crippen LogP contribution < -0.4 is 10.1 Å². The third-order valence-corrected chi connectivity index (χ3v) is 7.42. The Bertz CT molecular complexity index is 929. The number of hydrogen-bond acceptors (Lipinski definition) is 8. The largest absolute Gasteiger partial charge is 0.497 e. The molecule has 0 unspecified atom stereocenters. The zero-order valence-electron chi connectivity index (χ0n) is 15.3. The van der Waals surface area contributed by atoms with E-state index in [1.807, 2.05) is 35.2 Å². The highest BCUT2D eigenvalue weighted by Crippen LogP contribution is 2.35. The van der Waals surface area contributed by atoms with E-state index in [1.165, 1.54) is 28.0 Å². The molecule has 0 radical (unpaired) electrons. The van der Waals surface area contributed by atoms with Gasteiger partial charge in [0.1, 0.15) is 5.75 Å². The fourth-order valence-corrected chi connectivity index (χ4v) is 5.72. The predicted molar refractivity (Wildman–Crippen MR) is 115 cm³/mol. The highest BCUT2D eigenvalue weighted by molar-refractivity contribution is 8.01. The van der Waals surface area contributed by atoms with Gasteiger partial charge in [0, 0.05) is 23.2 Å². The zero-order chi connectivity index (χ0) is 19.3. The van der Waals surface area contributed by atoms with Crippen LogP contribution in [0.5, 0.6) is 5.75 Å². The molecule has 2 aromatic heterocycles. The second-order valence-electron chi connectivity index (χ2n) is 6.28. The molecule has 0 aliphatic carbocycles. The van der Waals surface area contributed by atoms with Gasteiger partial charge in [-0.2, -0.15) is 0 Å². The Hall–Kier alpha value is -2.10. The third kappa shape index (κ3) is 4.48. The Morgan fingerprint density at radius 3 is 3.11 bits per heavy atom. The van der Waals surface area contributed by atoms with E-state index in [0.717, 1.165) is 35.2 Å². The number of nitrogens with one attached hydrogen (secondary N) is 1. The quantitative estimate of drug-likeness (QED) is 0.541. The summed E-state index contributed by atoms with van der Waals surface area (Å²) in [4.78, 5) is 16.0. The van der Waals surface area contributed by atoms with E-state index in [0.29, 0.717) is 10.9 Å². The van der Waals surface area contributed by atoms with Crippen LogP contribution in [-0.4, -0.2) is 40.4 Å². The number of aromatic nitrogens is 2. The number of carbonyl (C=O) groups excluding carboxylic acids is 1.